The van der Waals surface area contributed by atoms with Gasteiger partial charge in [0.05, 0.1) is 6.54 Å². The Morgan fingerprint density at radius 1 is 1.04 bits per heavy atom. The molecular weight excluding hydrogens is 300 g/mol. The molecule has 126 valence electrons. The maximum atomic E-state index is 11.9. The molecule has 4 heteroatoms. The maximum absolute atomic E-state index is 11.9. The van der Waals surface area contributed by atoms with Crippen LogP contribution in [-0.2, 0) is 12.8 Å². The third kappa shape index (κ3) is 4.07. The molecule has 4 nitrogen and oxygen atoms in total. The van der Waals surface area contributed by atoms with Gasteiger partial charge in [-0.2, -0.15) is 0 Å². The zero-order valence-corrected chi connectivity index (χ0v) is 14.3. The van der Waals surface area contributed by atoms with E-state index in [1.54, 1.807) is 0 Å². The molecule has 1 aliphatic carbocycles. The SMILES string of the molecule is Cc1ccc(NC(=O)NCCOc2ccc3c(c2)CCC3)cc1C. The Labute approximate surface area is 143 Å². The lowest BCUT2D eigenvalue weighted by Gasteiger charge is -2.11. The standard InChI is InChI=1S/C20H24N2O2/c1-14-6-8-18(12-15(14)2)22-20(23)21-10-11-24-19-9-7-16-4-3-5-17(16)13-19/h6-9,12-13H,3-5,10-11H2,1-2H3,(H2,21,22,23). The molecule has 2 aromatic carbocycles. The molecule has 0 radical (unpaired) electrons. The van der Waals surface area contributed by atoms with Crippen LogP contribution in [0.1, 0.15) is 28.7 Å². The number of hydrogen-bond acceptors (Lipinski definition) is 2. The second-order valence-corrected chi connectivity index (χ2v) is 6.31. The minimum atomic E-state index is -0.212. The van der Waals surface area contributed by atoms with Crippen LogP contribution in [0.15, 0.2) is 36.4 Å². The van der Waals surface area contributed by atoms with Gasteiger partial charge in [0.15, 0.2) is 0 Å². The van der Waals surface area contributed by atoms with E-state index in [0.717, 1.165) is 23.4 Å². The Bertz CT molecular complexity index is 740. The minimum absolute atomic E-state index is 0.212. The number of anilines is 1. The summed E-state index contributed by atoms with van der Waals surface area (Å²) >= 11 is 0. The van der Waals surface area contributed by atoms with Crippen molar-refractivity contribution in [3.05, 3.63) is 58.7 Å². The molecule has 0 unspecified atom stereocenters. The largest absolute Gasteiger partial charge is 0.492 e. The fourth-order valence-corrected chi connectivity index (χ4v) is 2.97. The number of carbonyl (C=O) groups excluding carboxylic acids is 1. The van der Waals surface area contributed by atoms with Gasteiger partial charge < -0.3 is 15.4 Å². The number of fused-ring (bicyclic) bond motifs is 1. The van der Waals surface area contributed by atoms with Gasteiger partial charge in [-0.25, -0.2) is 4.79 Å². The molecular formula is C20H24N2O2. The summed E-state index contributed by atoms with van der Waals surface area (Å²) < 4.78 is 5.72. The highest BCUT2D eigenvalue weighted by atomic mass is 16.5. The number of hydrogen-bond donors (Lipinski definition) is 2. The zero-order valence-electron chi connectivity index (χ0n) is 14.3. The summed E-state index contributed by atoms with van der Waals surface area (Å²) in [7, 11) is 0. The van der Waals surface area contributed by atoms with E-state index in [-0.39, 0.29) is 6.03 Å². The first-order chi connectivity index (χ1) is 11.6. The number of nitrogens with one attached hydrogen (secondary N) is 2. The van der Waals surface area contributed by atoms with Crippen molar-refractivity contribution < 1.29 is 9.53 Å². The summed E-state index contributed by atoms with van der Waals surface area (Å²) in [4.78, 5) is 11.9. The van der Waals surface area contributed by atoms with Gasteiger partial charge in [0.25, 0.3) is 0 Å². The molecule has 0 bridgehead atoms. The molecule has 0 spiro atoms. The zero-order chi connectivity index (χ0) is 16.9. The average molecular weight is 324 g/mol. The van der Waals surface area contributed by atoms with Crippen LogP contribution < -0.4 is 15.4 Å². The molecule has 24 heavy (non-hydrogen) atoms. The molecule has 1 aliphatic rings. The number of aryl methyl sites for hydroxylation is 4. The third-order valence-electron chi connectivity index (χ3n) is 4.49. The monoisotopic (exact) mass is 324 g/mol. The quantitative estimate of drug-likeness (QED) is 0.817. The summed E-state index contributed by atoms with van der Waals surface area (Å²) in [6.45, 7) is 5.01. The van der Waals surface area contributed by atoms with Crippen molar-refractivity contribution in [1.82, 2.24) is 5.32 Å². The summed E-state index contributed by atoms with van der Waals surface area (Å²) in [5.41, 5.74) is 6.01. The highest BCUT2D eigenvalue weighted by Crippen LogP contribution is 2.25. The van der Waals surface area contributed by atoms with E-state index >= 15 is 0 Å². The number of carbonyl (C=O) groups is 1. The highest BCUT2D eigenvalue weighted by molar-refractivity contribution is 5.89. The van der Waals surface area contributed by atoms with Crippen LogP contribution >= 0.6 is 0 Å². The molecule has 0 heterocycles. The lowest BCUT2D eigenvalue weighted by atomic mass is 10.1. The Hall–Kier alpha value is -2.49. The van der Waals surface area contributed by atoms with Crippen LogP contribution in [0.3, 0.4) is 0 Å². The molecule has 2 N–H and O–H groups in total. The Morgan fingerprint density at radius 2 is 1.88 bits per heavy atom. The summed E-state index contributed by atoms with van der Waals surface area (Å²) in [5, 5.41) is 5.65. The average Bonchev–Trinajstić information content (AvgIpc) is 3.03. The van der Waals surface area contributed by atoms with Gasteiger partial charge in [-0.3, -0.25) is 0 Å². The fourth-order valence-electron chi connectivity index (χ4n) is 2.97. The normalized spacial score (nSPS) is 12.6. The number of benzene rings is 2. The van der Waals surface area contributed by atoms with Crippen molar-refractivity contribution in [3.8, 4) is 5.75 Å². The van der Waals surface area contributed by atoms with Crippen LogP contribution in [0.2, 0.25) is 0 Å². The fraction of sp³-hybridized carbons (Fsp3) is 0.350. The summed E-state index contributed by atoms with van der Waals surface area (Å²) in [6, 6.07) is 11.9. The predicted octanol–water partition coefficient (Wildman–Crippen LogP) is 3.99. The molecule has 3 rings (SSSR count). The van der Waals surface area contributed by atoms with Crippen molar-refractivity contribution in [2.75, 3.05) is 18.5 Å². The van der Waals surface area contributed by atoms with E-state index in [1.807, 2.05) is 31.2 Å². The Morgan fingerprint density at radius 3 is 2.71 bits per heavy atom. The molecule has 0 fully saturated rings. The van der Waals surface area contributed by atoms with E-state index in [0.29, 0.717) is 13.2 Å². The van der Waals surface area contributed by atoms with Crippen molar-refractivity contribution in [3.63, 3.8) is 0 Å². The van der Waals surface area contributed by atoms with E-state index in [9.17, 15) is 4.79 Å². The topological polar surface area (TPSA) is 50.4 Å². The summed E-state index contributed by atoms with van der Waals surface area (Å²) in [5.74, 6) is 0.881. The van der Waals surface area contributed by atoms with Crippen LogP contribution in [0.5, 0.6) is 5.75 Å². The maximum Gasteiger partial charge on any atom is 0.319 e. The first kappa shape index (κ1) is 16.4. The second kappa shape index (κ2) is 7.39. The number of amides is 2. The third-order valence-corrected chi connectivity index (χ3v) is 4.49. The minimum Gasteiger partial charge on any atom is -0.492 e. The molecule has 0 atom stereocenters. The number of urea groups is 1. The second-order valence-electron chi connectivity index (χ2n) is 6.31. The highest BCUT2D eigenvalue weighted by Gasteiger charge is 2.11. The van der Waals surface area contributed by atoms with Gasteiger partial charge in [0.2, 0.25) is 0 Å². The lowest BCUT2D eigenvalue weighted by molar-refractivity contribution is 0.247. The van der Waals surface area contributed by atoms with Gasteiger partial charge in [-0.1, -0.05) is 12.1 Å². The molecule has 0 aromatic heterocycles. The van der Waals surface area contributed by atoms with Crippen LogP contribution in [-0.4, -0.2) is 19.2 Å². The molecule has 2 aromatic rings. The molecule has 0 saturated heterocycles. The van der Waals surface area contributed by atoms with Crippen molar-refractivity contribution in [2.45, 2.75) is 33.1 Å². The van der Waals surface area contributed by atoms with Gasteiger partial charge in [0, 0.05) is 5.69 Å². The van der Waals surface area contributed by atoms with E-state index in [4.69, 9.17) is 4.74 Å². The molecule has 0 saturated carbocycles. The first-order valence-electron chi connectivity index (χ1n) is 8.48. The van der Waals surface area contributed by atoms with E-state index in [1.165, 1.54) is 29.5 Å². The van der Waals surface area contributed by atoms with Gasteiger partial charge in [-0.05, 0) is 79.6 Å². The molecule has 2 amide bonds. The Balaban J connectivity index is 1.41. The van der Waals surface area contributed by atoms with Crippen LogP contribution in [0.4, 0.5) is 10.5 Å². The van der Waals surface area contributed by atoms with Gasteiger partial charge in [-0.15, -0.1) is 0 Å². The van der Waals surface area contributed by atoms with Crippen LogP contribution in [0.25, 0.3) is 0 Å². The van der Waals surface area contributed by atoms with E-state index in [2.05, 4.69) is 29.7 Å². The van der Waals surface area contributed by atoms with Gasteiger partial charge >= 0.3 is 6.03 Å². The first-order valence-corrected chi connectivity index (χ1v) is 8.48. The number of ether oxygens (including phenoxy) is 1. The summed E-state index contributed by atoms with van der Waals surface area (Å²) in [6.07, 6.45) is 3.55. The number of rotatable bonds is 5. The predicted molar refractivity (Wildman–Crippen MR) is 96.9 cm³/mol. The van der Waals surface area contributed by atoms with Crippen molar-refractivity contribution >= 4 is 11.7 Å². The van der Waals surface area contributed by atoms with Gasteiger partial charge in [0.1, 0.15) is 12.4 Å². The lowest BCUT2D eigenvalue weighted by Crippen LogP contribution is -2.32. The molecule has 0 aliphatic heterocycles. The van der Waals surface area contributed by atoms with Crippen LogP contribution in [0, 0.1) is 13.8 Å². The smallest absolute Gasteiger partial charge is 0.319 e. The van der Waals surface area contributed by atoms with E-state index < -0.39 is 0 Å². The van der Waals surface area contributed by atoms with Crippen molar-refractivity contribution in [2.24, 2.45) is 0 Å². The Kier molecular flexibility index (Phi) is 5.04. The van der Waals surface area contributed by atoms with Crippen molar-refractivity contribution in [1.29, 1.82) is 0 Å².